The molecule has 0 unspecified atom stereocenters. The van der Waals surface area contributed by atoms with Crippen LogP contribution in [-0.2, 0) is 11.3 Å². The summed E-state index contributed by atoms with van der Waals surface area (Å²) in [7, 11) is 3.19. The molecule has 0 saturated heterocycles. The van der Waals surface area contributed by atoms with Crippen molar-refractivity contribution in [2.45, 2.75) is 25.5 Å². The van der Waals surface area contributed by atoms with E-state index in [0.29, 0.717) is 29.0 Å². The van der Waals surface area contributed by atoms with E-state index in [4.69, 9.17) is 9.47 Å². The van der Waals surface area contributed by atoms with E-state index < -0.39 is 0 Å². The molecule has 0 saturated carbocycles. The molecule has 0 aliphatic rings. The third kappa shape index (κ3) is 5.00. The molecule has 3 rings (SSSR count). The Kier molecular flexibility index (Phi) is 7.47. The summed E-state index contributed by atoms with van der Waals surface area (Å²) in [6.07, 6.45) is 1.66. The second kappa shape index (κ2) is 10.3. The standard InChI is InChI=1S/C20H23N5O3S2/c1-5-25-19(14-6-7-15(27-3)16(10-14)28-4)23-24-20(25)30-12-18(26)22-21-11-17-13(2)8-9-29-17/h6-11H,5,12H2,1-4H3,(H,22,26). The van der Waals surface area contributed by atoms with Gasteiger partial charge in [0.2, 0.25) is 0 Å². The van der Waals surface area contributed by atoms with Crippen LogP contribution in [0.4, 0.5) is 0 Å². The molecular weight excluding hydrogens is 422 g/mol. The number of thiophene rings is 1. The van der Waals surface area contributed by atoms with Crippen LogP contribution in [0.15, 0.2) is 39.9 Å². The predicted octanol–water partition coefficient (Wildman–Crippen LogP) is 3.59. The number of carbonyl (C=O) groups is 1. The molecule has 3 aromatic rings. The molecule has 10 heteroatoms. The van der Waals surface area contributed by atoms with Crippen molar-refractivity contribution in [3.63, 3.8) is 0 Å². The molecule has 0 atom stereocenters. The van der Waals surface area contributed by atoms with E-state index in [-0.39, 0.29) is 11.7 Å². The van der Waals surface area contributed by atoms with Gasteiger partial charge in [0.15, 0.2) is 22.5 Å². The lowest BCUT2D eigenvalue weighted by atomic mass is 10.2. The summed E-state index contributed by atoms with van der Waals surface area (Å²) in [4.78, 5) is 13.2. The first-order valence-corrected chi connectivity index (χ1v) is 11.1. The SMILES string of the molecule is CCn1c(SCC(=O)NN=Cc2sccc2C)nnc1-c1ccc(OC)c(OC)c1. The summed E-state index contributed by atoms with van der Waals surface area (Å²) in [5.41, 5.74) is 4.54. The first kappa shape index (κ1) is 21.8. The number of hydrogen-bond donors (Lipinski definition) is 1. The minimum atomic E-state index is -0.205. The van der Waals surface area contributed by atoms with Gasteiger partial charge in [0, 0.05) is 17.0 Å². The third-order valence-electron chi connectivity index (χ3n) is 4.28. The van der Waals surface area contributed by atoms with Gasteiger partial charge in [0.25, 0.3) is 5.91 Å². The Balaban J connectivity index is 1.66. The van der Waals surface area contributed by atoms with E-state index in [1.165, 1.54) is 11.8 Å². The normalized spacial score (nSPS) is 11.1. The van der Waals surface area contributed by atoms with Crippen molar-refractivity contribution in [1.82, 2.24) is 20.2 Å². The number of rotatable bonds is 9. The van der Waals surface area contributed by atoms with Crippen LogP contribution in [0, 0.1) is 6.92 Å². The van der Waals surface area contributed by atoms with Gasteiger partial charge < -0.3 is 14.0 Å². The second-order valence-electron chi connectivity index (χ2n) is 6.17. The zero-order valence-electron chi connectivity index (χ0n) is 17.2. The van der Waals surface area contributed by atoms with Crippen molar-refractivity contribution in [2.75, 3.05) is 20.0 Å². The van der Waals surface area contributed by atoms with Crippen LogP contribution in [0.2, 0.25) is 0 Å². The molecular formula is C20H23N5O3S2. The quantitative estimate of drug-likeness (QED) is 0.307. The Morgan fingerprint density at radius 3 is 2.73 bits per heavy atom. The fraction of sp³-hybridized carbons (Fsp3) is 0.300. The molecule has 0 spiro atoms. The van der Waals surface area contributed by atoms with Crippen molar-refractivity contribution in [3.8, 4) is 22.9 Å². The summed E-state index contributed by atoms with van der Waals surface area (Å²) in [6.45, 7) is 4.67. The van der Waals surface area contributed by atoms with E-state index in [2.05, 4.69) is 20.7 Å². The zero-order valence-corrected chi connectivity index (χ0v) is 18.8. The first-order valence-electron chi connectivity index (χ1n) is 9.21. The summed E-state index contributed by atoms with van der Waals surface area (Å²) >= 11 is 2.89. The molecule has 1 amide bonds. The highest BCUT2D eigenvalue weighted by molar-refractivity contribution is 7.99. The summed E-state index contributed by atoms with van der Waals surface area (Å²) in [6, 6.07) is 7.60. The minimum Gasteiger partial charge on any atom is -0.493 e. The smallest absolute Gasteiger partial charge is 0.250 e. The Hall–Kier alpha value is -2.85. The van der Waals surface area contributed by atoms with Crippen molar-refractivity contribution in [1.29, 1.82) is 0 Å². The molecule has 30 heavy (non-hydrogen) atoms. The van der Waals surface area contributed by atoms with Crippen LogP contribution in [0.25, 0.3) is 11.4 Å². The van der Waals surface area contributed by atoms with Gasteiger partial charge in [0.1, 0.15) is 0 Å². The largest absolute Gasteiger partial charge is 0.493 e. The molecule has 0 aliphatic heterocycles. The lowest BCUT2D eigenvalue weighted by Crippen LogP contribution is -2.20. The van der Waals surface area contributed by atoms with Crippen molar-refractivity contribution < 1.29 is 14.3 Å². The molecule has 2 heterocycles. The van der Waals surface area contributed by atoms with Gasteiger partial charge >= 0.3 is 0 Å². The number of hydrazone groups is 1. The lowest BCUT2D eigenvalue weighted by molar-refractivity contribution is -0.118. The fourth-order valence-electron chi connectivity index (χ4n) is 2.71. The van der Waals surface area contributed by atoms with Crippen LogP contribution in [0.3, 0.4) is 0 Å². The molecule has 158 valence electrons. The highest BCUT2D eigenvalue weighted by atomic mass is 32.2. The van der Waals surface area contributed by atoms with Crippen LogP contribution in [0.1, 0.15) is 17.4 Å². The van der Waals surface area contributed by atoms with E-state index >= 15 is 0 Å². The van der Waals surface area contributed by atoms with Gasteiger partial charge in [-0.15, -0.1) is 21.5 Å². The number of hydrogen-bond acceptors (Lipinski definition) is 8. The zero-order chi connectivity index (χ0) is 21.5. The molecule has 8 nitrogen and oxygen atoms in total. The van der Waals surface area contributed by atoms with Crippen molar-refractivity contribution >= 4 is 35.2 Å². The Labute approximate surface area is 183 Å². The Morgan fingerprint density at radius 1 is 1.27 bits per heavy atom. The van der Waals surface area contributed by atoms with E-state index in [1.54, 1.807) is 31.8 Å². The van der Waals surface area contributed by atoms with Crippen LogP contribution < -0.4 is 14.9 Å². The van der Waals surface area contributed by atoms with Crippen molar-refractivity contribution in [2.24, 2.45) is 5.10 Å². The van der Waals surface area contributed by atoms with E-state index in [0.717, 1.165) is 16.0 Å². The number of carbonyl (C=O) groups excluding carboxylic acids is 1. The summed E-state index contributed by atoms with van der Waals surface area (Å²) in [5.74, 6) is 1.95. The maximum Gasteiger partial charge on any atom is 0.250 e. The van der Waals surface area contributed by atoms with Crippen LogP contribution >= 0.6 is 23.1 Å². The molecule has 1 aromatic carbocycles. The molecule has 0 aliphatic carbocycles. The average molecular weight is 446 g/mol. The molecule has 0 radical (unpaired) electrons. The number of thioether (sulfide) groups is 1. The van der Waals surface area contributed by atoms with Crippen molar-refractivity contribution in [3.05, 3.63) is 40.1 Å². The average Bonchev–Trinajstić information content (AvgIpc) is 3.37. The lowest BCUT2D eigenvalue weighted by Gasteiger charge is -2.10. The van der Waals surface area contributed by atoms with Gasteiger partial charge in [-0.2, -0.15) is 5.10 Å². The number of aromatic nitrogens is 3. The number of ether oxygens (including phenoxy) is 2. The van der Waals surface area contributed by atoms with E-state index in [1.807, 2.05) is 48.1 Å². The number of nitrogens with zero attached hydrogens (tertiary/aromatic N) is 4. The summed E-state index contributed by atoms with van der Waals surface area (Å²) < 4.78 is 12.6. The summed E-state index contributed by atoms with van der Waals surface area (Å²) in [5, 5.41) is 15.2. The molecule has 1 N–H and O–H groups in total. The Morgan fingerprint density at radius 2 is 2.07 bits per heavy atom. The highest BCUT2D eigenvalue weighted by Gasteiger charge is 2.16. The van der Waals surface area contributed by atoms with Gasteiger partial charge in [0.05, 0.1) is 26.2 Å². The van der Waals surface area contributed by atoms with Gasteiger partial charge in [-0.25, -0.2) is 5.43 Å². The van der Waals surface area contributed by atoms with E-state index in [9.17, 15) is 4.79 Å². The first-order chi connectivity index (χ1) is 14.6. The van der Waals surface area contributed by atoms with Crippen LogP contribution in [-0.4, -0.2) is 46.9 Å². The fourth-order valence-corrected chi connectivity index (χ4v) is 4.29. The van der Waals surface area contributed by atoms with Gasteiger partial charge in [-0.3, -0.25) is 4.79 Å². The number of aryl methyl sites for hydroxylation is 1. The molecule has 0 fully saturated rings. The topological polar surface area (TPSA) is 90.6 Å². The maximum absolute atomic E-state index is 12.1. The molecule has 2 aromatic heterocycles. The number of nitrogens with one attached hydrogen (secondary N) is 1. The molecule has 0 bridgehead atoms. The number of benzene rings is 1. The van der Waals surface area contributed by atoms with Gasteiger partial charge in [-0.1, -0.05) is 11.8 Å². The third-order valence-corrected chi connectivity index (χ3v) is 6.20. The predicted molar refractivity (Wildman–Crippen MR) is 120 cm³/mol. The maximum atomic E-state index is 12.1. The second-order valence-corrected chi connectivity index (χ2v) is 8.06. The Bertz CT molecular complexity index is 1040. The number of methoxy groups -OCH3 is 2. The monoisotopic (exact) mass is 445 g/mol. The minimum absolute atomic E-state index is 0.185. The van der Waals surface area contributed by atoms with Crippen LogP contribution in [0.5, 0.6) is 11.5 Å². The highest BCUT2D eigenvalue weighted by Crippen LogP contribution is 2.32. The number of amides is 1. The van der Waals surface area contributed by atoms with Gasteiger partial charge in [-0.05, 0) is 49.1 Å².